The number of nitrogens with one attached hydrogen (secondary N) is 1. The van der Waals surface area contributed by atoms with E-state index in [4.69, 9.17) is 33.8 Å². The van der Waals surface area contributed by atoms with Gasteiger partial charge in [-0.15, -0.1) is 13.2 Å². The molecule has 1 aliphatic heterocycles. The van der Waals surface area contributed by atoms with Crippen LogP contribution in [-0.4, -0.2) is 23.7 Å². The summed E-state index contributed by atoms with van der Waals surface area (Å²) in [6.45, 7) is 0.698. The van der Waals surface area contributed by atoms with Gasteiger partial charge < -0.3 is 19.8 Å². The van der Waals surface area contributed by atoms with Crippen molar-refractivity contribution in [1.29, 1.82) is 0 Å². The standard InChI is InChI=1S/C23H18Cl2F3N3O3/c24-19-10-15(30-29)11-20(25)21(19)33-17-5-6-18-14(9-17)7-8-31(22(18)32)12-13-1-3-16(4-2-13)34-23(26,27)28/h1-6,9-11,30H,7-8,12,29H2. The lowest BCUT2D eigenvalue weighted by atomic mass is 9.98. The van der Waals surface area contributed by atoms with Crippen LogP contribution in [0.5, 0.6) is 17.2 Å². The Morgan fingerprint density at radius 1 is 1.00 bits per heavy atom. The van der Waals surface area contributed by atoms with Crippen molar-refractivity contribution in [3.8, 4) is 17.2 Å². The number of rotatable bonds is 6. The summed E-state index contributed by atoms with van der Waals surface area (Å²) in [5.74, 6) is 5.62. The summed E-state index contributed by atoms with van der Waals surface area (Å²) < 4.78 is 46.7. The number of fused-ring (bicyclic) bond motifs is 1. The van der Waals surface area contributed by atoms with Crippen molar-refractivity contribution in [3.05, 3.63) is 81.3 Å². The van der Waals surface area contributed by atoms with Gasteiger partial charge >= 0.3 is 6.36 Å². The number of nitrogens with zero attached hydrogens (tertiary/aromatic N) is 1. The first kappa shape index (κ1) is 24.0. The smallest absolute Gasteiger partial charge is 0.454 e. The lowest BCUT2D eigenvalue weighted by Crippen LogP contribution is -2.37. The predicted octanol–water partition coefficient (Wildman–Crippen LogP) is 6.17. The summed E-state index contributed by atoms with van der Waals surface area (Å²) in [6, 6.07) is 13.7. The van der Waals surface area contributed by atoms with E-state index < -0.39 is 6.36 Å². The highest BCUT2D eigenvalue weighted by atomic mass is 35.5. The van der Waals surface area contributed by atoms with Crippen LogP contribution >= 0.6 is 23.2 Å². The SMILES string of the molecule is NNc1cc(Cl)c(Oc2ccc3c(c2)CCN(Cc2ccc(OC(F)(F)F)cc2)C3=O)c(Cl)c1. The van der Waals surface area contributed by atoms with Gasteiger partial charge in [0.2, 0.25) is 0 Å². The molecule has 0 unspecified atom stereocenters. The van der Waals surface area contributed by atoms with Crippen molar-refractivity contribution >= 4 is 34.8 Å². The van der Waals surface area contributed by atoms with E-state index in [9.17, 15) is 18.0 Å². The van der Waals surface area contributed by atoms with Crippen LogP contribution in [0.25, 0.3) is 0 Å². The molecule has 4 rings (SSSR count). The number of alkyl halides is 3. The molecule has 3 N–H and O–H groups in total. The Morgan fingerprint density at radius 2 is 1.65 bits per heavy atom. The van der Waals surface area contributed by atoms with Crippen molar-refractivity contribution in [2.75, 3.05) is 12.0 Å². The van der Waals surface area contributed by atoms with Gasteiger partial charge in [0.15, 0.2) is 5.75 Å². The Kier molecular flexibility index (Phi) is 6.79. The zero-order chi connectivity index (χ0) is 24.5. The van der Waals surface area contributed by atoms with Gasteiger partial charge in [0.25, 0.3) is 5.91 Å². The molecule has 178 valence electrons. The Morgan fingerprint density at radius 3 is 2.26 bits per heavy atom. The predicted molar refractivity (Wildman–Crippen MR) is 122 cm³/mol. The second kappa shape index (κ2) is 9.61. The molecule has 3 aromatic carbocycles. The number of hydrogen-bond acceptors (Lipinski definition) is 5. The second-order valence-corrected chi connectivity index (χ2v) is 8.32. The zero-order valence-electron chi connectivity index (χ0n) is 17.5. The van der Waals surface area contributed by atoms with Crippen molar-refractivity contribution in [3.63, 3.8) is 0 Å². The molecule has 0 fully saturated rings. The summed E-state index contributed by atoms with van der Waals surface area (Å²) in [4.78, 5) is 14.6. The minimum atomic E-state index is -4.75. The molecule has 11 heteroatoms. The molecule has 0 atom stereocenters. The number of nitrogens with two attached hydrogens (primary N) is 1. The third-order valence-electron chi connectivity index (χ3n) is 5.16. The lowest BCUT2D eigenvalue weighted by molar-refractivity contribution is -0.274. The first-order valence-electron chi connectivity index (χ1n) is 10.0. The number of nitrogen functional groups attached to an aromatic ring is 1. The highest BCUT2D eigenvalue weighted by molar-refractivity contribution is 6.37. The Labute approximate surface area is 202 Å². The Hall–Kier alpha value is -3.14. The minimum absolute atomic E-state index is 0.183. The zero-order valence-corrected chi connectivity index (χ0v) is 19.0. The Bertz CT molecular complexity index is 1200. The number of benzene rings is 3. The molecule has 1 aliphatic rings. The molecule has 34 heavy (non-hydrogen) atoms. The summed E-state index contributed by atoms with van der Waals surface area (Å²) in [7, 11) is 0. The summed E-state index contributed by atoms with van der Waals surface area (Å²) >= 11 is 12.5. The van der Waals surface area contributed by atoms with Gasteiger partial charge in [-0.25, -0.2) is 0 Å². The molecule has 1 heterocycles. The van der Waals surface area contributed by atoms with E-state index in [0.29, 0.717) is 35.5 Å². The van der Waals surface area contributed by atoms with Crippen LogP contribution in [-0.2, 0) is 13.0 Å². The van der Waals surface area contributed by atoms with Crippen molar-refractivity contribution < 1.29 is 27.4 Å². The number of carbonyl (C=O) groups excluding carboxylic acids is 1. The van der Waals surface area contributed by atoms with E-state index in [1.165, 1.54) is 24.3 Å². The van der Waals surface area contributed by atoms with Gasteiger partial charge in [-0.1, -0.05) is 35.3 Å². The van der Waals surface area contributed by atoms with E-state index in [-0.39, 0.29) is 34.0 Å². The van der Waals surface area contributed by atoms with E-state index in [2.05, 4.69) is 10.2 Å². The molecule has 1 amide bonds. The number of halogens is 5. The van der Waals surface area contributed by atoms with Crippen LogP contribution in [0.1, 0.15) is 21.5 Å². The van der Waals surface area contributed by atoms with Crippen LogP contribution in [0.3, 0.4) is 0 Å². The maximum atomic E-state index is 13.0. The van der Waals surface area contributed by atoms with Gasteiger partial charge in [0.1, 0.15) is 11.5 Å². The van der Waals surface area contributed by atoms with Gasteiger partial charge in [0, 0.05) is 18.7 Å². The van der Waals surface area contributed by atoms with Crippen molar-refractivity contribution in [1.82, 2.24) is 4.90 Å². The fraction of sp³-hybridized carbons (Fsp3) is 0.174. The minimum Gasteiger partial charge on any atom is -0.454 e. The number of anilines is 1. The first-order valence-corrected chi connectivity index (χ1v) is 10.8. The fourth-order valence-electron chi connectivity index (χ4n) is 3.60. The second-order valence-electron chi connectivity index (χ2n) is 7.50. The number of hydrogen-bond donors (Lipinski definition) is 2. The van der Waals surface area contributed by atoms with Crippen molar-refractivity contribution in [2.45, 2.75) is 19.3 Å². The van der Waals surface area contributed by atoms with Crippen LogP contribution in [0.15, 0.2) is 54.6 Å². The van der Waals surface area contributed by atoms with Gasteiger partial charge in [-0.3, -0.25) is 10.6 Å². The van der Waals surface area contributed by atoms with Crippen LogP contribution < -0.4 is 20.7 Å². The monoisotopic (exact) mass is 511 g/mol. The third kappa shape index (κ3) is 5.49. The van der Waals surface area contributed by atoms with Crippen LogP contribution in [0.2, 0.25) is 10.0 Å². The topological polar surface area (TPSA) is 76.8 Å². The molecular weight excluding hydrogens is 494 g/mol. The molecule has 0 saturated carbocycles. The number of hydrazine groups is 1. The van der Waals surface area contributed by atoms with E-state index in [1.807, 2.05) is 0 Å². The number of ether oxygens (including phenoxy) is 2. The Balaban J connectivity index is 1.46. The average molecular weight is 512 g/mol. The van der Waals surface area contributed by atoms with Gasteiger partial charge in [0.05, 0.1) is 15.7 Å². The van der Waals surface area contributed by atoms with Crippen LogP contribution in [0.4, 0.5) is 18.9 Å². The highest BCUT2D eigenvalue weighted by Crippen LogP contribution is 2.39. The number of carbonyl (C=O) groups is 1. The maximum Gasteiger partial charge on any atom is 0.573 e. The van der Waals surface area contributed by atoms with E-state index >= 15 is 0 Å². The van der Waals surface area contributed by atoms with Gasteiger partial charge in [-0.2, -0.15) is 0 Å². The van der Waals surface area contributed by atoms with Gasteiger partial charge in [-0.05, 0) is 60.0 Å². The lowest BCUT2D eigenvalue weighted by Gasteiger charge is -2.29. The van der Waals surface area contributed by atoms with Crippen LogP contribution in [0, 0.1) is 0 Å². The molecule has 6 nitrogen and oxygen atoms in total. The molecular formula is C23H18Cl2F3N3O3. The highest BCUT2D eigenvalue weighted by Gasteiger charge is 2.31. The molecule has 3 aromatic rings. The normalized spacial score (nSPS) is 13.5. The quantitative estimate of drug-likeness (QED) is 0.305. The molecule has 0 aromatic heterocycles. The number of amides is 1. The maximum absolute atomic E-state index is 13.0. The largest absolute Gasteiger partial charge is 0.573 e. The average Bonchev–Trinajstić information content (AvgIpc) is 2.78. The summed E-state index contributed by atoms with van der Waals surface area (Å²) in [5, 5.41) is 0.541. The molecule has 0 radical (unpaired) electrons. The molecule has 0 spiro atoms. The van der Waals surface area contributed by atoms with Crippen molar-refractivity contribution in [2.24, 2.45) is 5.84 Å². The third-order valence-corrected chi connectivity index (χ3v) is 5.72. The van der Waals surface area contributed by atoms with E-state index in [1.54, 1.807) is 35.2 Å². The summed E-state index contributed by atoms with van der Waals surface area (Å²) in [6.07, 6.45) is -4.18. The summed E-state index contributed by atoms with van der Waals surface area (Å²) in [5.41, 5.74) is 5.00. The first-order chi connectivity index (χ1) is 16.1. The molecule has 0 saturated heterocycles. The molecule has 0 bridgehead atoms. The fourth-order valence-corrected chi connectivity index (χ4v) is 4.17. The molecule has 0 aliphatic carbocycles. The van der Waals surface area contributed by atoms with E-state index in [0.717, 1.165) is 5.56 Å².